The van der Waals surface area contributed by atoms with Crippen molar-refractivity contribution in [1.82, 2.24) is 19.9 Å². The van der Waals surface area contributed by atoms with Gasteiger partial charge in [0.15, 0.2) is 0 Å². The number of nitrogens with zero attached hydrogens (tertiary/aromatic N) is 3. The molecule has 1 amide bonds. The Hall–Kier alpha value is -4.93. The van der Waals surface area contributed by atoms with Gasteiger partial charge in [-0.15, -0.1) is 0 Å². The molecule has 6 rings (SSSR count). The van der Waals surface area contributed by atoms with Crippen molar-refractivity contribution in [3.8, 4) is 11.4 Å². The molecule has 5 aromatic rings. The number of amides is 1. The number of nitro benzene ring substituents is 1. The molecule has 3 heterocycles. The van der Waals surface area contributed by atoms with Crippen LogP contribution in [0.3, 0.4) is 0 Å². The van der Waals surface area contributed by atoms with Crippen molar-refractivity contribution >= 4 is 39.5 Å². The van der Waals surface area contributed by atoms with Gasteiger partial charge in [0.25, 0.3) is 11.6 Å². The molecule has 1 atom stereocenters. The molecule has 1 fully saturated rings. The molecule has 11 nitrogen and oxygen atoms in total. The van der Waals surface area contributed by atoms with E-state index in [1.807, 2.05) is 12.1 Å². The SMILES string of the molecule is O=C(NC(Cc1c[nH]c2ccc([N+](=O)[O-])cc12)C(=O)O)c1ccc2c(c1)nc(-c1ccoc1)n2C1CCCCC1. The maximum atomic E-state index is 13.2. The van der Waals surface area contributed by atoms with E-state index in [1.165, 1.54) is 18.6 Å². The van der Waals surface area contributed by atoms with Crippen molar-refractivity contribution in [2.75, 3.05) is 0 Å². The second-order valence-electron chi connectivity index (χ2n) is 10.2. The zero-order valence-electron chi connectivity index (χ0n) is 21.5. The molecule has 0 bridgehead atoms. The second-order valence-corrected chi connectivity index (χ2v) is 10.2. The zero-order chi connectivity index (χ0) is 27.8. The molecule has 0 aliphatic heterocycles. The Kier molecular flexibility index (Phi) is 6.54. The number of aromatic amines is 1. The lowest BCUT2D eigenvalue weighted by atomic mass is 9.95. The molecule has 1 unspecified atom stereocenters. The Balaban J connectivity index is 1.29. The highest BCUT2D eigenvalue weighted by Gasteiger charge is 2.26. The number of hydrogen-bond donors (Lipinski definition) is 3. The fourth-order valence-electron chi connectivity index (χ4n) is 5.65. The Morgan fingerprint density at radius 2 is 2.00 bits per heavy atom. The predicted octanol–water partition coefficient (Wildman–Crippen LogP) is 5.62. The average molecular weight is 542 g/mol. The number of fused-ring (bicyclic) bond motifs is 2. The molecular weight excluding hydrogens is 514 g/mol. The highest BCUT2D eigenvalue weighted by molar-refractivity contribution is 6.00. The number of benzene rings is 2. The average Bonchev–Trinajstić information content (AvgIpc) is 3.71. The van der Waals surface area contributed by atoms with Gasteiger partial charge in [0, 0.05) is 47.3 Å². The lowest BCUT2D eigenvalue weighted by molar-refractivity contribution is -0.384. The quantitative estimate of drug-likeness (QED) is 0.170. The van der Waals surface area contributed by atoms with Crippen molar-refractivity contribution < 1.29 is 24.0 Å². The summed E-state index contributed by atoms with van der Waals surface area (Å²) in [5.41, 5.74) is 3.81. The summed E-state index contributed by atoms with van der Waals surface area (Å²) < 4.78 is 7.55. The van der Waals surface area contributed by atoms with Crippen molar-refractivity contribution in [1.29, 1.82) is 0 Å². The molecule has 1 aliphatic rings. The van der Waals surface area contributed by atoms with Crippen LogP contribution in [0.4, 0.5) is 5.69 Å². The van der Waals surface area contributed by atoms with Crippen molar-refractivity contribution in [3.63, 3.8) is 0 Å². The summed E-state index contributed by atoms with van der Waals surface area (Å²) in [6.07, 6.45) is 10.4. The molecule has 204 valence electrons. The number of H-pyrrole nitrogens is 1. The zero-order valence-corrected chi connectivity index (χ0v) is 21.5. The van der Waals surface area contributed by atoms with Gasteiger partial charge in [0.05, 0.1) is 27.8 Å². The topological polar surface area (TPSA) is 156 Å². The number of carbonyl (C=O) groups is 2. The van der Waals surface area contributed by atoms with Crippen LogP contribution in [0, 0.1) is 10.1 Å². The fourth-order valence-corrected chi connectivity index (χ4v) is 5.65. The number of furan rings is 1. The highest BCUT2D eigenvalue weighted by Crippen LogP contribution is 2.36. The third kappa shape index (κ3) is 4.70. The Labute approximate surface area is 228 Å². The van der Waals surface area contributed by atoms with Gasteiger partial charge in [-0.3, -0.25) is 14.9 Å². The van der Waals surface area contributed by atoms with Crippen LogP contribution in [0.2, 0.25) is 0 Å². The third-order valence-electron chi connectivity index (χ3n) is 7.66. The van der Waals surface area contributed by atoms with Crippen LogP contribution in [0.25, 0.3) is 33.3 Å². The Bertz CT molecular complexity index is 1730. The number of nitro groups is 1. The molecule has 40 heavy (non-hydrogen) atoms. The van der Waals surface area contributed by atoms with E-state index in [2.05, 4.69) is 14.9 Å². The maximum absolute atomic E-state index is 13.2. The minimum absolute atomic E-state index is 0.0502. The molecule has 1 saturated carbocycles. The Morgan fingerprint density at radius 1 is 1.18 bits per heavy atom. The first-order valence-electron chi connectivity index (χ1n) is 13.2. The number of hydrogen-bond acceptors (Lipinski definition) is 6. The minimum Gasteiger partial charge on any atom is -0.480 e. The normalized spacial score (nSPS) is 14.9. The highest BCUT2D eigenvalue weighted by atomic mass is 16.6. The summed E-state index contributed by atoms with van der Waals surface area (Å²) in [5.74, 6) is -0.972. The first kappa shape index (κ1) is 25.4. The molecular formula is C29H27N5O6. The van der Waals surface area contributed by atoms with Crippen LogP contribution in [-0.4, -0.2) is 42.5 Å². The number of aromatic nitrogens is 3. The van der Waals surface area contributed by atoms with E-state index in [9.17, 15) is 24.8 Å². The third-order valence-corrected chi connectivity index (χ3v) is 7.66. The lowest BCUT2D eigenvalue weighted by Gasteiger charge is -2.25. The number of aliphatic carboxylic acids is 1. The van der Waals surface area contributed by atoms with E-state index >= 15 is 0 Å². The van der Waals surface area contributed by atoms with Crippen molar-refractivity contribution in [3.05, 3.63) is 82.4 Å². The van der Waals surface area contributed by atoms with Gasteiger partial charge in [-0.2, -0.15) is 0 Å². The maximum Gasteiger partial charge on any atom is 0.326 e. The molecule has 0 spiro atoms. The number of rotatable bonds is 8. The monoisotopic (exact) mass is 541 g/mol. The van der Waals surface area contributed by atoms with Crippen molar-refractivity contribution in [2.24, 2.45) is 0 Å². The number of imidazole rings is 1. The van der Waals surface area contributed by atoms with Gasteiger partial charge < -0.3 is 24.4 Å². The second kappa shape index (κ2) is 10.3. The van der Waals surface area contributed by atoms with Crippen LogP contribution >= 0.6 is 0 Å². The van der Waals surface area contributed by atoms with E-state index < -0.39 is 22.8 Å². The lowest BCUT2D eigenvalue weighted by Crippen LogP contribution is -2.42. The van der Waals surface area contributed by atoms with Crippen LogP contribution < -0.4 is 5.32 Å². The van der Waals surface area contributed by atoms with Gasteiger partial charge in [-0.25, -0.2) is 9.78 Å². The van der Waals surface area contributed by atoms with E-state index in [-0.39, 0.29) is 12.1 Å². The number of nitrogens with one attached hydrogen (secondary N) is 2. The molecule has 0 radical (unpaired) electrons. The summed E-state index contributed by atoms with van der Waals surface area (Å²) in [5, 5.41) is 24.3. The van der Waals surface area contributed by atoms with Gasteiger partial charge in [0.1, 0.15) is 18.1 Å². The molecule has 0 saturated heterocycles. The molecule has 3 aromatic heterocycles. The van der Waals surface area contributed by atoms with Crippen LogP contribution in [0.5, 0.6) is 0 Å². The standard InChI is InChI=1S/C29H27N5O6/c35-28(32-25(29(36)37)13-19-15-30-23-8-7-21(34(38)39)14-22(19)23)17-6-9-26-24(12-17)31-27(18-10-11-40-16-18)33(26)20-4-2-1-3-5-20/h6-12,14-16,20,25,30H,1-5,13H2,(H,32,35)(H,36,37). The van der Waals surface area contributed by atoms with E-state index in [1.54, 1.807) is 36.9 Å². The molecule has 11 heteroatoms. The van der Waals surface area contributed by atoms with E-state index in [0.717, 1.165) is 42.6 Å². The number of carboxylic acids is 1. The van der Waals surface area contributed by atoms with Crippen LogP contribution in [-0.2, 0) is 11.2 Å². The minimum atomic E-state index is -1.25. The van der Waals surface area contributed by atoms with Gasteiger partial charge in [-0.05, 0) is 48.7 Å². The van der Waals surface area contributed by atoms with Gasteiger partial charge >= 0.3 is 5.97 Å². The summed E-state index contributed by atoms with van der Waals surface area (Å²) in [4.78, 5) is 43.9. The molecule has 3 N–H and O–H groups in total. The first-order valence-corrected chi connectivity index (χ1v) is 13.2. The number of carboxylic acid groups (broad SMARTS) is 1. The first-order chi connectivity index (χ1) is 19.4. The van der Waals surface area contributed by atoms with Crippen molar-refractivity contribution in [2.45, 2.75) is 50.6 Å². The van der Waals surface area contributed by atoms with Gasteiger partial charge in [-0.1, -0.05) is 19.3 Å². The predicted molar refractivity (Wildman–Crippen MR) is 147 cm³/mol. The van der Waals surface area contributed by atoms with Crippen LogP contribution in [0.1, 0.15) is 54.1 Å². The number of carbonyl (C=O) groups excluding carboxylic acids is 1. The molecule has 1 aliphatic carbocycles. The fraction of sp³-hybridized carbons (Fsp3) is 0.276. The largest absolute Gasteiger partial charge is 0.480 e. The summed E-state index contributed by atoms with van der Waals surface area (Å²) in [6.45, 7) is 0. The van der Waals surface area contributed by atoms with Gasteiger partial charge in [0.2, 0.25) is 0 Å². The number of non-ortho nitro benzene ring substituents is 1. The smallest absolute Gasteiger partial charge is 0.326 e. The summed E-state index contributed by atoms with van der Waals surface area (Å²) >= 11 is 0. The molecule has 2 aromatic carbocycles. The van der Waals surface area contributed by atoms with E-state index in [4.69, 9.17) is 9.40 Å². The summed E-state index contributed by atoms with van der Waals surface area (Å²) in [6, 6.07) is 10.5. The Morgan fingerprint density at radius 3 is 2.73 bits per heavy atom. The van der Waals surface area contributed by atoms with E-state index in [0.29, 0.717) is 33.6 Å². The summed E-state index contributed by atoms with van der Waals surface area (Å²) in [7, 11) is 0. The van der Waals surface area contributed by atoms with Crippen LogP contribution in [0.15, 0.2) is 65.6 Å².